The Labute approximate surface area is 90.9 Å². The molecule has 0 fully saturated rings. The molecule has 0 aliphatic carbocycles. The minimum Gasteiger partial charge on any atom is -0.466 e. The summed E-state index contributed by atoms with van der Waals surface area (Å²) in [5.41, 5.74) is 0.0272. The summed E-state index contributed by atoms with van der Waals surface area (Å²) < 4.78 is 13.9. The molecule has 0 radical (unpaired) electrons. The number of alkyl halides is 1. The number of esters is 2. The lowest BCUT2D eigenvalue weighted by Crippen LogP contribution is -2.10. The van der Waals surface area contributed by atoms with Gasteiger partial charge in [0.05, 0.1) is 20.1 Å². The van der Waals surface area contributed by atoms with Crippen LogP contribution in [0.1, 0.15) is 26.5 Å². The molecule has 1 aromatic heterocycles. The highest BCUT2D eigenvalue weighted by atomic mass is 35.5. The number of carbonyl (C=O) groups excluding carboxylic acids is 2. The number of carbonyl (C=O) groups is 2. The van der Waals surface area contributed by atoms with Crippen molar-refractivity contribution in [2.45, 2.75) is 5.88 Å². The Kier molecular flexibility index (Phi) is 3.74. The maximum absolute atomic E-state index is 11.3. The van der Waals surface area contributed by atoms with Crippen LogP contribution in [0.5, 0.6) is 0 Å². The van der Waals surface area contributed by atoms with Gasteiger partial charge in [0, 0.05) is 0 Å². The van der Waals surface area contributed by atoms with Gasteiger partial charge in [-0.25, -0.2) is 9.59 Å². The number of methoxy groups -OCH3 is 2. The summed E-state index contributed by atoms with van der Waals surface area (Å²) in [6.07, 6.45) is 1.12. The molecule has 1 heterocycles. The van der Waals surface area contributed by atoms with Crippen molar-refractivity contribution >= 4 is 23.5 Å². The quantitative estimate of drug-likeness (QED) is 0.585. The monoisotopic (exact) mass is 232 g/mol. The van der Waals surface area contributed by atoms with Crippen LogP contribution in [0, 0.1) is 0 Å². The number of hydrogen-bond acceptors (Lipinski definition) is 5. The second kappa shape index (κ2) is 4.84. The van der Waals surface area contributed by atoms with Crippen molar-refractivity contribution in [3.05, 3.63) is 23.2 Å². The normalized spacial score (nSPS) is 9.80. The highest BCUT2D eigenvalue weighted by Gasteiger charge is 2.25. The summed E-state index contributed by atoms with van der Waals surface area (Å²) in [7, 11) is 2.41. The molecule has 1 rings (SSSR count). The molecule has 0 saturated heterocycles. The fourth-order valence-electron chi connectivity index (χ4n) is 1.08. The van der Waals surface area contributed by atoms with Crippen LogP contribution in [0.15, 0.2) is 10.7 Å². The molecule has 0 N–H and O–H groups in total. The summed E-state index contributed by atoms with van der Waals surface area (Å²) in [4.78, 5) is 22.6. The van der Waals surface area contributed by atoms with Crippen molar-refractivity contribution in [1.29, 1.82) is 0 Å². The molecular formula is C9H9ClO5. The average Bonchev–Trinajstić information content (AvgIpc) is 2.70. The average molecular weight is 233 g/mol. The van der Waals surface area contributed by atoms with Crippen molar-refractivity contribution in [3.8, 4) is 0 Å². The summed E-state index contributed by atoms with van der Waals surface area (Å²) in [5, 5.41) is 0. The minimum absolute atomic E-state index is 0.0133. The van der Waals surface area contributed by atoms with Crippen LogP contribution in [-0.2, 0) is 15.4 Å². The fraction of sp³-hybridized carbons (Fsp3) is 0.333. The van der Waals surface area contributed by atoms with Gasteiger partial charge in [-0.2, -0.15) is 0 Å². The van der Waals surface area contributed by atoms with Crippen molar-refractivity contribution < 1.29 is 23.5 Å². The lowest BCUT2D eigenvalue weighted by atomic mass is 10.1. The molecule has 1 aromatic rings. The van der Waals surface area contributed by atoms with Crippen molar-refractivity contribution in [3.63, 3.8) is 0 Å². The smallest absolute Gasteiger partial charge is 0.342 e. The fourth-order valence-corrected chi connectivity index (χ4v) is 1.28. The SMILES string of the molecule is COC(=O)c1coc(CCl)c1C(=O)OC. The van der Waals surface area contributed by atoms with Crippen LogP contribution in [0.2, 0.25) is 0 Å². The summed E-state index contributed by atoms with van der Waals surface area (Å²) >= 11 is 5.54. The maximum atomic E-state index is 11.3. The molecule has 0 unspecified atom stereocenters. The second-order valence-corrected chi connectivity index (χ2v) is 2.83. The highest BCUT2D eigenvalue weighted by molar-refractivity contribution is 6.17. The summed E-state index contributed by atoms with van der Waals surface area (Å²) in [6.45, 7) is 0. The van der Waals surface area contributed by atoms with E-state index in [1.54, 1.807) is 0 Å². The first-order chi connectivity index (χ1) is 7.15. The lowest BCUT2D eigenvalue weighted by molar-refractivity contribution is 0.0556. The van der Waals surface area contributed by atoms with E-state index in [0.29, 0.717) is 0 Å². The van der Waals surface area contributed by atoms with Gasteiger partial charge in [-0.3, -0.25) is 0 Å². The molecule has 0 aliphatic heterocycles. The predicted octanol–water partition coefficient (Wildman–Crippen LogP) is 1.59. The van der Waals surface area contributed by atoms with Crippen LogP contribution in [0.3, 0.4) is 0 Å². The van der Waals surface area contributed by atoms with Gasteiger partial charge in [0.15, 0.2) is 0 Å². The van der Waals surface area contributed by atoms with Crippen LogP contribution < -0.4 is 0 Å². The van der Waals surface area contributed by atoms with E-state index in [1.165, 1.54) is 14.2 Å². The zero-order valence-electron chi connectivity index (χ0n) is 8.20. The van der Waals surface area contributed by atoms with E-state index in [1.807, 2.05) is 0 Å². The van der Waals surface area contributed by atoms with Gasteiger partial charge in [-0.1, -0.05) is 0 Å². The number of furan rings is 1. The topological polar surface area (TPSA) is 65.7 Å². The Hall–Kier alpha value is -1.49. The molecule has 0 atom stereocenters. The Morgan fingerprint density at radius 1 is 1.33 bits per heavy atom. The van der Waals surface area contributed by atoms with E-state index in [9.17, 15) is 9.59 Å². The molecule has 5 nitrogen and oxygen atoms in total. The van der Waals surface area contributed by atoms with Gasteiger partial charge >= 0.3 is 11.9 Å². The molecule has 15 heavy (non-hydrogen) atoms. The molecule has 82 valence electrons. The van der Waals surface area contributed by atoms with Crippen LogP contribution >= 0.6 is 11.6 Å². The minimum atomic E-state index is -0.681. The largest absolute Gasteiger partial charge is 0.466 e. The first kappa shape index (κ1) is 11.6. The lowest BCUT2D eigenvalue weighted by Gasteiger charge is -2.00. The van der Waals surface area contributed by atoms with Gasteiger partial charge in [0.2, 0.25) is 0 Å². The standard InChI is InChI=1S/C9H9ClO5/c1-13-8(11)5-4-15-6(3-10)7(5)9(12)14-2/h4H,3H2,1-2H3. The first-order valence-corrected chi connectivity index (χ1v) is 4.52. The molecular weight excluding hydrogens is 224 g/mol. The van der Waals surface area contributed by atoms with Crippen molar-refractivity contribution in [2.75, 3.05) is 14.2 Å². The van der Waals surface area contributed by atoms with Gasteiger partial charge in [0.25, 0.3) is 0 Å². The molecule has 0 aliphatic rings. The van der Waals surface area contributed by atoms with E-state index < -0.39 is 11.9 Å². The van der Waals surface area contributed by atoms with E-state index in [0.717, 1.165) is 6.26 Å². The summed E-state index contributed by atoms with van der Waals surface area (Å²) in [6, 6.07) is 0. The third-order valence-electron chi connectivity index (χ3n) is 1.78. The van der Waals surface area contributed by atoms with E-state index in [4.69, 9.17) is 16.0 Å². The van der Waals surface area contributed by atoms with Gasteiger partial charge in [-0.05, 0) is 0 Å². The zero-order chi connectivity index (χ0) is 11.4. The van der Waals surface area contributed by atoms with Gasteiger partial charge in [-0.15, -0.1) is 11.6 Å². The molecule has 0 bridgehead atoms. The Morgan fingerprint density at radius 3 is 2.40 bits per heavy atom. The molecule has 0 aromatic carbocycles. The van der Waals surface area contributed by atoms with E-state index in [2.05, 4.69) is 9.47 Å². The highest BCUT2D eigenvalue weighted by Crippen LogP contribution is 2.21. The van der Waals surface area contributed by atoms with E-state index in [-0.39, 0.29) is 22.8 Å². The summed E-state index contributed by atoms with van der Waals surface area (Å²) in [5.74, 6) is -1.19. The number of ether oxygens (including phenoxy) is 2. The number of rotatable bonds is 3. The first-order valence-electron chi connectivity index (χ1n) is 3.98. The molecule has 6 heteroatoms. The molecule has 0 spiro atoms. The molecule has 0 saturated carbocycles. The van der Waals surface area contributed by atoms with Crippen molar-refractivity contribution in [2.24, 2.45) is 0 Å². The van der Waals surface area contributed by atoms with Crippen LogP contribution in [0.25, 0.3) is 0 Å². The predicted molar refractivity (Wildman–Crippen MR) is 50.9 cm³/mol. The maximum Gasteiger partial charge on any atom is 0.342 e. The third kappa shape index (κ3) is 2.12. The number of hydrogen-bond donors (Lipinski definition) is 0. The van der Waals surface area contributed by atoms with E-state index >= 15 is 0 Å². The van der Waals surface area contributed by atoms with Gasteiger partial charge < -0.3 is 13.9 Å². The van der Waals surface area contributed by atoms with Crippen molar-refractivity contribution in [1.82, 2.24) is 0 Å². The Balaban J connectivity index is 3.23. The van der Waals surface area contributed by atoms with Crippen LogP contribution in [0.4, 0.5) is 0 Å². The number of halogens is 1. The van der Waals surface area contributed by atoms with Crippen LogP contribution in [-0.4, -0.2) is 26.2 Å². The zero-order valence-corrected chi connectivity index (χ0v) is 8.96. The van der Waals surface area contributed by atoms with Gasteiger partial charge in [0.1, 0.15) is 23.2 Å². The third-order valence-corrected chi connectivity index (χ3v) is 2.03. The Bertz CT molecular complexity index is 382. The second-order valence-electron chi connectivity index (χ2n) is 2.56. The molecule has 0 amide bonds. The Morgan fingerprint density at radius 2 is 1.93 bits per heavy atom.